The molecule has 0 aliphatic heterocycles. The van der Waals surface area contributed by atoms with Crippen LogP contribution < -0.4 is 9.47 Å². The monoisotopic (exact) mass is 677 g/mol. The molecule has 0 heterocycles. The number of carbonyl (C=O) groups excluding carboxylic acids is 1. The minimum absolute atomic E-state index is 0.0412. The smallest absolute Gasteiger partial charge is 0.460 e. The van der Waals surface area contributed by atoms with E-state index in [0.29, 0.717) is 21.6 Å². The number of halogens is 9. The number of aryl methyl sites for hydroxylation is 3. The first-order valence-electron chi connectivity index (χ1n) is 13.6. The summed E-state index contributed by atoms with van der Waals surface area (Å²) in [4.78, 5) is 24.9. The number of ether oxygens (including phenoxy) is 4. The lowest BCUT2D eigenvalue weighted by atomic mass is 10.1. The summed E-state index contributed by atoms with van der Waals surface area (Å²) in [5.41, 5.74) is 2.38. The third kappa shape index (κ3) is 9.40. The zero-order valence-corrected chi connectivity index (χ0v) is 25.0. The molecule has 2 rings (SSSR count). The summed E-state index contributed by atoms with van der Waals surface area (Å²) in [6, 6.07) is 9.29. The van der Waals surface area contributed by atoms with Crippen molar-refractivity contribution >= 4 is 12.1 Å². The van der Waals surface area contributed by atoms with Crippen LogP contribution in [0.3, 0.4) is 0 Å². The van der Waals surface area contributed by atoms with Crippen molar-refractivity contribution in [1.29, 1.82) is 0 Å². The number of nitrogens with zero attached hydrogens (tertiary/aromatic N) is 1. The van der Waals surface area contributed by atoms with Gasteiger partial charge in [0.1, 0.15) is 18.1 Å². The maximum absolute atomic E-state index is 13.9. The Morgan fingerprint density at radius 2 is 1.39 bits per heavy atom. The van der Waals surface area contributed by atoms with Crippen molar-refractivity contribution in [2.45, 2.75) is 64.3 Å². The molecule has 0 saturated carbocycles. The van der Waals surface area contributed by atoms with Crippen LogP contribution in [0.15, 0.2) is 36.4 Å². The van der Waals surface area contributed by atoms with Crippen LogP contribution in [0.4, 0.5) is 44.3 Å². The molecule has 8 nitrogen and oxygen atoms in total. The van der Waals surface area contributed by atoms with E-state index in [2.05, 4.69) is 4.74 Å². The fourth-order valence-corrected chi connectivity index (χ4v) is 4.14. The Hall–Kier alpha value is -3.73. The Balaban J connectivity index is 2.17. The fourth-order valence-electron chi connectivity index (χ4n) is 4.14. The second kappa shape index (κ2) is 15.2. The SMILES string of the molecule is CCOC(Cc1ccc(OCCN(CCOC(F)(F)C(F)(F)C(F)(F)C(F)(F)F)C(=O)Oc2c(C)cc(C)cc2C)cc1)C(=O)O. The second-order valence-electron chi connectivity index (χ2n) is 10.1. The topological polar surface area (TPSA) is 94.5 Å². The first-order valence-corrected chi connectivity index (χ1v) is 13.6. The summed E-state index contributed by atoms with van der Waals surface area (Å²) in [5.74, 6) is -15.0. The zero-order valence-electron chi connectivity index (χ0n) is 25.0. The molecule has 0 aliphatic rings. The van der Waals surface area contributed by atoms with Gasteiger partial charge in [-0.2, -0.15) is 39.5 Å². The molecule has 0 radical (unpaired) electrons. The Bertz CT molecular complexity index is 1310. The van der Waals surface area contributed by atoms with Crippen LogP contribution in [0.25, 0.3) is 0 Å². The van der Waals surface area contributed by atoms with E-state index in [1.54, 1.807) is 39.8 Å². The molecule has 1 amide bonds. The molecule has 1 atom stereocenters. The maximum atomic E-state index is 13.9. The molecule has 0 aliphatic carbocycles. The molecule has 258 valence electrons. The van der Waals surface area contributed by atoms with E-state index in [4.69, 9.17) is 14.2 Å². The van der Waals surface area contributed by atoms with E-state index < -0.39 is 62.0 Å². The van der Waals surface area contributed by atoms with Crippen molar-refractivity contribution in [3.8, 4) is 11.5 Å². The Morgan fingerprint density at radius 3 is 1.89 bits per heavy atom. The lowest BCUT2D eigenvalue weighted by Gasteiger charge is -2.33. The summed E-state index contributed by atoms with van der Waals surface area (Å²) in [7, 11) is 0. The fraction of sp³-hybridized carbons (Fsp3) is 0.517. The third-order valence-electron chi connectivity index (χ3n) is 6.43. The highest BCUT2D eigenvalue weighted by atomic mass is 19.4. The Labute approximate surface area is 258 Å². The molecule has 2 aromatic carbocycles. The van der Waals surface area contributed by atoms with Crippen molar-refractivity contribution in [2.24, 2.45) is 0 Å². The van der Waals surface area contributed by atoms with Crippen molar-refractivity contribution in [3.05, 3.63) is 58.7 Å². The summed E-state index contributed by atoms with van der Waals surface area (Å²) < 4.78 is 138. The number of carboxylic acid groups (broad SMARTS) is 1. The van der Waals surface area contributed by atoms with Crippen molar-refractivity contribution in [1.82, 2.24) is 4.90 Å². The first kappa shape index (κ1) is 38.5. The summed E-state index contributed by atoms with van der Waals surface area (Å²) >= 11 is 0. The Morgan fingerprint density at radius 1 is 0.848 bits per heavy atom. The van der Waals surface area contributed by atoms with E-state index >= 15 is 0 Å². The molecule has 0 fully saturated rings. The number of rotatable bonds is 16. The average molecular weight is 678 g/mol. The van der Waals surface area contributed by atoms with Crippen LogP contribution in [0.5, 0.6) is 11.5 Å². The van der Waals surface area contributed by atoms with Crippen LogP contribution in [0.1, 0.15) is 29.2 Å². The number of hydrogen-bond donors (Lipinski definition) is 1. The summed E-state index contributed by atoms with van der Waals surface area (Å²) in [6.07, 6.45) is -15.6. The van der Waals surface area contributed by atoms with Crippen molar-refractivity contribution in [3.63, 3.8) is 0 Å². The number of hydrogen-bond acceptors (Lipinski definition) is 6. The molecular weight excluding hydrogens is 645 g/mol. The van der Waals surface area contributed by atoms with Crippen molar-refractivity contribution in [2.75, 3.05) is 32.9 Å². The van der Waals surface area contributed by atoms with E-state index in [1.165, 1.54) is 24.3 Å². The molecule has 46 heavy (non-hydrogen) atoms. The zero-order chi connectivity index (χ0) is 35.1. The standard InChI is InChI=1S/C29H32F9NO7/c1-5-43-22(24(40)41)16-20-6-8-21(9-7-20)44-12-10-39(25(42)46-23-18(3)14-17(2)15-19(23)4)11-13-45-29(37,38)27(32,33)26(30,31)28(34,35)36/h6-9,14-15,22H,5,10-13,16H2,1-4H3,(H,40,41). The first-order chi connectivity index (χ1) is 21.1. The van der Waals surface area contributed by atoms with Crippen molar-refractivity contribution < 1.29 is 73.2 Å². The average Bonchev–Trinajstić information content (AvgIpc) is 2.93. The quantitative estimate of drug-likeness (QED) is 0.192. The summed E-state index contributed by atoms with van der Waals surface area (Å²) in [6.45, 7) is 3.31. The van der Waals surface area contributed by atoms with Gasteiger partial charge in [0.25, 0.3) is 0 Å². The Kier molecular flexibility index (Phi) is 12.7. The minimum atomic E-state index is -7.14. The molecule has 0 saturated heterocycles. The lowest BCUT2D eigenvalue weighted by molar-refractivity contribution is -0.443. The maximum Gasteiger partial charge on any atom is 0.460 e. The molecule has 0 bridgehead atoms. The van der Waals surface area contributed by atoms with Crippen LogP contribution in [0.2, 0.25) is 0 Å². The van der Waals surface area contributed by atoms with Crippen LogP contribution in [-0.4, -0.2) is 85.2 Å². The lowest BCUT2D eigenvalue weighted by Crippen LogP contribution is -2.62. The normalized spacial score (nSPS) is 13.3. The largest absolute Gasteiger partial charge is 0.492 e. The van der Waals surface area contributed by atoms with Crippen LogP contribution in [0, 0.1) is 20.8 Å². The van der Waals surface area contributed by atoms with Gasteiger partial charge in [-0.05, 0) is 56.5 Å². The third-order valence-corrected chi connectivity index (χ3v) is 6.43. The summed E-state index contributed by atoms with van der Waals surface area (Å²) in [5, 5.41) is 9.22. The molecule has 2 aromatic rings. The minimum Gasteiger partial charge on any atom is -0.492 e. The van der Waals surface area contributed by atoms with Gasteiger partial charge in [-0.1, -0.05) is 29.8 Å². The van der Waals surface area contributed by atoms with Gasteiger partial charge in [-0.3, -0.25) is 0 Å². The highest BCUT2D eigenvalue weighted by Gasteiger charge is 2.82. The van der Waals surface area contributed by atoms with Gasteiger partial charge in [0.05, 0.1) is 13.2 Å². The number of aliphatic carboxylic acids is 1. The second-order valence-corrected chi connectivity index (χ2v) is 10.1. The molecule has 1 unspecified atom stereocenters. The number of alkyl halides is 9. The van der Waals surface area contributed by atoms with Gasteiger partial charge in [-0.25, -0.2) is 9.59 Å². The number of benzene rings is 2. The van der Waals surface area contributed by atoms with E-state index in [-0.39, 0.29) is 31.1 Å². The molecular formula is C29H32F9NO7. The predicted octanol–water partition coefficient (Wildman–Crippen LogP) is 6.97. The van der Waals surface area contributed by atoms with Gasteiger partial charge in [0.2, 0.25) is 0 Å². The van der Waals surface area contributed by atoms with Gasteiger partial charge >= 0.3 is 36.2 Å². The number of carboxylic acids is 1. The molecule has 17 heteroatoms. The van der Waals surface area contributed by atoms with Crippen LogP contribution in [-0.2, 0) is 20.7 Å². The number of carbonyl (C=O) groups is 2. The highest BCUT2D eigenvalue weighted by molar-refractivity contribution is 5.73. The van der Waals surface area contributed by atoms with Gasteiger partial charge in [-0.15, -0.1) is 0 Å². The van der Waals surface area contributed by atoms with Gasteiger partial charge < -0.3 is 29.0 Å². The van der Waals surface area contributed by atoms with Gasteiger partial charge in [0, 0.05) is 19.6 Å². The predicted molar refractivity (Wildman–Crippen MR) is 144 cm³/mol. The van der Waals surface area contributed by atoms with E-state index in [0.717, 1.165) is 5.56 Å². The van der Waals surface area contributed by atoms with E-state index in [9.17, 15) is 54.2 Å². The highest BCUT2D eigenvalue weighted by Crippen LogP contribution is 2.53. The number of amides is 1. The van der Waals surface area contributed by atoms with Crippen LogP contribution >= 0.6 is 0 Å². The van der Waals surface area contributed by atoms with E-state index in [1.807, 2.05) is 0 Å². The molecule has 1 N–H and O–H groups in total. The van der Waals surface area contributed by atoms with Gasteiger partial charge in [0.15, 0.2) is 6.10 Å². The molecule has 0 aromatic heterocycles. The molecule has 0 spiro atoms.